The molecule has 0 bridgehead atoms. The molecule has 5 nitrogen and oxygen atoms in total. The van der Waals surface area contributed by atoms with Gasteiger partial charge in [0.15, 0.2) is 5.96 Å². The van der Waals surface area contributed by atoms with Crippen molar-refractivity contribution < 1.29 is 9.47 Å². The third-order valence-corrected chi connectivity index (χ3v) is 5.68. The number of halogens is 1. The highest BCUT2D eigenvalue weighted by Crippen LogP contribution is 2.34. The number of nitrogens with zero attached hydrogens (tertiary/aromatic N) is 1. The van der Waals surface area contributed by atoms with Crippen LogP contribution in [-0.2, 0) is 13.0 Å². The summed E-state index contributed by atoms with van der Waals surface area (Å²) in [5.41, 5.74) is 2.28. The fourth-order valence-corrected chi connectivity index (χ4v) is 3.92. The van der Waals surface area contributed by atoms with Crippen LogP contribution in [-0.4, -0.2) is 32.8 Å². The van der Waals surface area contributed by atoms with Gasteiger partial charge in [0, 0.05) is 48.5 Å². The maximum absolute atomic E-state index is 5.87. The van der Waals surface area contributed by atoms with Gasteiger partial charge in [0.2, 0.25) is 0 Å². The van der Waals surface area contributed by atoms with Gasteiger partial charge in [0.05, 0.1) is 7.11 Å². The van der Waals surface area contributed by atoms with E-state index in [1.54, 1.807) is 25.5 Å². The molecule has 3 rings (SSSR count). The zero-order valence-corrected chi connectivity index (χ0v) is 19.4. The first-order valence-electron chi connectivity index (χ1n) is 8.95. The second kappa shape index (κ2) is 10.2. The quantitative estimate of drug-likeness (QED) is 0.355. The Labute approximate surface area is 182 Å². The first-order chi connectivity index (χ1) is 12.6. The number of ether oxygens (including phenoxy) is 2. The molecule has 0 amide bonds. The fourth-order valence-electron chi connectivity index (χ4n) is 3.13. The Kier molecular flexibility index (Phi) is 8.22. The van der Waals surface area contributed by atoms with Crippen LogP contribution in [0.1, 0.15) is 35.8 Å². The predicted octanol–water partition coefficient (Wildman–Crippen LogP) is 4.17. The lowest BCUT2D eigenvalue weighted by molar-refractivity contribution is 0.254. The number of guanidine groups is 1. The highest BCUT2D eigenvalue weighted by atomic mass is 127. The van der Waals surface area contributed by atoms with Gasteiger partial charge in [-0.25, -0.2) is 0 Å². The first kappa shape index (κ1) is 21.8. The maximum Gasteiger partial charge on any atom is 0.191 e. The first-order valence-corrected chi connectivity index (χ1v) is 9.83. The van der Waals surface area contributed by atoms with E-state index in [0.717, 1.165) is 36.0 Å². The molecule has 148 valence electrons. The summed E-state index contributed by atoms with van der Waals surface area (Å²) in [6.45, 7) is 5.77. The van der Waals surface area contributed by atoms with Crippen LogP contribution in [0.5, 0.6) is 11.5 Å². The molecule has 27 heavy (non-hydrogen) atoms. The summed E-state index contributed by atoms with van der Waals surface area (Å²) >= 11 is 1.79. The maximum atomic E-state index is 5.87. The molecule has 0 saturated heterocycles. The third kappa shape index (κ3) is 5.51. The lowest BCUT2D eigenvalue weighted by Gasteiger charge is -2.17. The van der Waals surface area contributed by atoms with Gasteiger partial charge in [-0.05, 0) is 30.5 Å². The smallest absolute Gasteiger partial charge is 0.191 e. The zero-order chi connectivity index (χ0) is 18.5. The van der Waals surface area contributed by atoms with Gasteiger partial charge in [-0.1, -0.05) is 13.0 Å². The van der Waals surface area contributed by atoms with E-state index >= 15 is 0 Å². The molecule has 2 aromatic rings. The Balaban J connectivity index is 0.00000261. The molecule has 1 aromatic heterocycles. The van der Waals surface area contributed by atoms with Crippen molar-refractivity contribution in [1.82, 2.24) is 10.6 Å². The van der Waals surface area contributed by atoms with Crippen LogP contribution in [0, 0.1) is 0 Å². The van der Waals surface area contributed by atoms with Crippen LogP contribution in [0.4, 0.5) is 0 Å². The second-order valence-electron chi connectivity index (χ2n) is 6.63. The number of fused-ring (bicyclic) bond motifs is 1. The molecule has 0 saturated carbocycles. The summed E-state index contributed by atoms with van der Waals surface area (Å²) in [4.78, 5) is 5.70. The molecule has 2 heterocycles. The Hall–Kier alpha value is -1.48. The number of methoxy groups -OCH3 is 1. The van der Waals surface area contributed by atoms with E-state index in [0.29, 0.717) is 12.5 Å². The van der Waals surface area contributed by atoms with Crippen molar-refractivity contribution in [3.8, 4) is 11.5 Å². The summed E-state index contributed by atoms with van der Waals surface area (Å²) in [5, 5.41) is 8.88. The molecule has 1 aliphatic heterocycles. The molecular weight excluding hydrogens is 473 g/mol. The molecule has 1 aliphatic rings. The minimum Gasteiger partial charge on any atom is -0.496 e. The Bertz CT molecular complexity index is 765. The average molecular weight is 501 g/mol. The number of nitrogens with one attached hydrogen (secondary N) is 2. The fraction of sp³-hybridized carbons (Fsp3) is 0.450. The second-order valence-corrected chi connectivity index (χ2v) is 7.61. The normalized spacial score (nSPS) is 16.7. The van der Waals surface area contributed by atoms with Gasteiger partial charge < -0.3 is 20.1 Å². The summed E-state index contributed by atoms with van der Waals surface area (Å²) < 4.78 is 11.4. The Morgan fingerprint density at radius 1 is 1.41 bits per heavy atom. The summed E-state index contributed by atoms with van der Waals surface area (Å²) in [6, 6.07) is 8.42. The molecule has 0 fully saturated rings. The van der Waals surface area contributed by atoms with Crippen LogP contribution in [0.15, 0.2) is 34.6 Å². The molecule has 2 atom stereocenters. The van der Waals surface area contributed by atoms with E-state index in [4.69, 9.17) is 9.47 Å². The lowest BCUT2D eigenvalue weighted by atomic mass is 10.1. The minimum atomic E-state index is 0. The largest absolute Gasteiger partial charge is 0.496 e. The van der Waals surface area contributed by atoms with Crippen molar-refractivity contribution in [2.45, 2.75) is 38.8 Å². The molecule has 2 unspecified atom stereocenters. The minimum absolute atomic E-state index is 0. The molecule has 2 N–H and O–H groups in total. The predicted molar refractivity (Wildman–Crippen MR) is 123 cm³/mol. The third-order valence-electron chi connectivity index (χ3n) is 4.57. The lowest BCUT2D eigenvalue weighted by Crippen LogP contribution is -2.38. The van der Waals surface area contributed by atoms with Gasteiger partial charge >= 0.3 is 0 Å². The molecule has 0 aliphatic carbocycles. The number of benzene rings is 1. The Morgan fingerprint density at radius 2 is 2.22 bits per heavy atom. The molecule has 1 aromatic carbocycles. The number of thiophene rings is 1. The number of hydrogen-bond donors (Lipinski definition) is 2. The highest BCUT2D eigenvalue weighted by molar-refractivity contribution is 14.0. The molecule has 7 heteroatoms. The van der Waals surface area contributed by atoms with Gasteiger partial charge in [-0.3, -0.25) is 4.99 Å². The van der Waals surface area contributed by atoms with Crippen LogP contribution >= 0.6 is 35.3 Å². The van der Waals surface area contributed by atoms with Gasteiger partial charge in [-0.2, -0.15) is 0 Å². The number of hydrogen-bond acceptors (Lipinski definition) is 4. The van der Waals surface area contributed by atoms with Crippen LogP contribution in [0.25, 0.3) is 0 Å². The van der Waals surface area contributed by atoms with Crippen LogP contribution in [0.3, 0.4) is 0 Å². The summed E-state index contributed by atoms with van der Waals surface area (Å²) in [6.07, 6.45) is 1.16. The number of rotatable bonds is 6. The number of aliphatic imine (C=N–C) groups is 1. The van der Waals surface area contributed by atoms with Crippen LogP contribution < -0.4 is 20.1 Å². The summed E-state index contributed by atoms with van der Waals surface area (Å²) in [5.74, 6) is 3.07. The van der Waals surface area contributed by atoms with Crippen molar-refractivity contribution >= 4 is 41.3 Å². The zero-order valence-electron chi connectivity index (χ0n) is 16.2. The van der Waals surface area contributed by atoms with Gasteiger partial charge in [0.25, 0.3) is 0 Å². The van der Waals surface area contributed by atoms with E-state index in [9.17, 15) is 0 Å². The van der Waals surface area contributed by atoms with Crippen molar-refractivity contribution in [3.63, 3.8) is 0 Å². The van der Waals surface area contributed by atoms with Crippen molar-refractivity contribution in [2.75, 3.05) is 20.7 Å². The van der Waals surface area contributed by atoms with Crippen LogP contribution in [0.2, 0.25) is 0 Å². The summed E-state index contributed by atoms with van der Waals surface area (Å²) in [7, 11) is 3.50. The highest BCUT2D eigenvalue weighted by Gasteiger charge is 2.21. The average Bonchev–Trinajstić information content (AvgIpc) is 3.29. The van der Waals surface area contributed by atoms with E-state index in [1.807, 2.05) is 0 Å². The van der Waals surface area contributed by atoms with Gasteiger partial charge in [0.1, 0.15) is 17.6 Å². The van der Waals surface area contributed by atoms with Crippen molar-refractivity contribution in [1.29, 1.82) is 0 Å². The van der Waals surface area contributed by atoms with E-state index < -0.39 is 0 Å². The topological polar surface area (TPSA) is 54.9 Å². The van der Waals surface area contributed by atoms with Crippen molar-refractivity contribution in [3.05, 3.63) is 45.6 Å². The SMILES string of the molecule is CN=C(NCc1cc2c(cc1OC)CC(C)O2)NCC(C)c1cccs1.I. The van der Waals surface area contributed by atoms with E-state index in [2.05, 4.69) is 59.1 Å². The van der Waals surface area contributed by atoms with E-state index in [1.165, 1.54) is 10.4 Å². The van der Waals surface area contributed by atoms with E-state index in [-0.39, 0.29) is 30.1 Å². The van der Waals surface area contributed by atoms with Crippen molar-refractivity contribution in [2.24, 2.45) is 4.99 Å². The monoisotopic (exact) mass is 501 g/mol. The Morgan fingerprint density at radius 3 is 2.89 bits per heavy atom. The molecular formula is C20H28IN3O2S. The standard InChI is InChI=1S/C20H27N3O2S.HI/c1-13(19-6-5-7-26-19)11-22-20(21-3)23-12-16-10-18-15(8-14(2)25-18)9-17(16)24-4;/h5-7,9-10,13-14H,8,11-12H2,1-4H3,(H2,21,22,23);1H. The molecule has 0 radical (unpaired) electrons. The molecule has 0 spiro atoms. The van der Waals surface area contributed by atoms with Gasteiger partial charge in [-0.15, -0.1) is 35.3 Å².